The first-order chi connectivity index (χ1) is 10.1. The third-order valence-electron chi connectivity index (χ3n) is 2.97. The fraction of sp³-hybridized carbons (Fsp3) is 0.647. The molecule has 0 aliphatic rings. The fourth-order valence-electron chi connectivity index (χ4n) is 2.19. The molecule has 0 aliphatic heterocycles. The molecule has 0 spiro atoms. The van der Waals surface area contributed by atoms with Gasteiger partial charge in [0.15, 0.2) is 6.29 Å². The second kappa shape index (κ2) is 9.77. The fourth-order valence-corrected chi connectivity index (χ4v) is 2.19. The Balaban J connectivity index is 2.87. The van der Waals surface area contributed by atoms with Gasteiger partial charge in [0.25, 0.3) is 0 Å². The summed E-state index contributed by atoms with van der Waals surface area (Å²) in [5, 5.41) is 3.44. The molecule has 1 unspecified atom stereocenters. The second-order valence-electron chi connectivity index (χ2n) is 5.05. The van der Waals surface area contributed by atoms with Crippen LogP contribution >= 0.6 is 0 Å². The Labute approximate surface area is 128 Å². The maximum absolute atomic E-state index is 5.73. The summed E-state index contributed by atoms with van der Waals surface area (Å²) < 4.78 is 17.1. The standard InChI is InChI=1S/C17H29NO3/c1-6-18-16(17(19-7-2)20-8-3)14-9-11-15(12-10-14)21-13(4)5/h9-13,16-18H,6-8H2,1-5H3. The number of likely N-dealkylation sites (N-methyl/N-ethyl adjacent to an activating group) is 1. The molecule has 0 saturated heterocycles. The van der Waals surface area contributed by atoms with E-state index in [2.05, 4.69) is 24.4 Å². The van der Waals surface area contributed by atoms with Gasteiger partial charge in [-0.1, -0.05) is 19.1 Å². The molecule has 0 amide bonds. The quantitative estimate of drug-likeness (QED) is 0.670. The zero-order valence-corrected chi connectivity index (χ0v) is 13.9. The van der Waals surface area contributed by atoms with Crippen molar-refractivity contribution in [2.45, 2.75) is 53.1 Å². The van der Waals surface area contributed by atoms with Crippen LogP contribution in [-0.4, -0.2) is 32.2 Å². The van der Waals surface area contributed by atoms with Gasteiger partial charge in [0.1, 0.15) is 5.75 Å². The molecule has 0 fully saturated rings. The molecule has 1 aromatic carbocycles. The van der Waals surface area contributed by atoms with Gasteiger partial charge in [-0.2, -0.15) is 0 Å². The van der Waals surface area contributed by atoms with E-state index in [-0.39, 0.29) is 18.4 Å². The first-order valence-electron chi connectivity index (χ1n) is 7.85. The highest BCUT2D eigenvalue weighted by Gasteiger charge is 2.23. The van der Waals surface area contributed by atoms with Gasteiger partial charge >= 0.3 is 0 Å². The second-order valence-corrected chi connectivity index (χ2v) is 5.05. The summed E-state index contributed by atoms with van der Waals surface area (Å²) in [6.45, 7) is 12.2. The Hall–Kier alpha value is -1.10. The van der Waals surface area contributed by atoms with E-state index in [1.54, 1.807) is 0 Å². The Morgan fingerprint density at radius 1 is 0.952 bits per heavy atom. The molecule has 120 valence electrons. The van der Waals surface area contributed by atoms with Crippen LogP contribution in [-0.2, 0) is 9.47 Å². The summed E-state index contributed by atoms with van der Waals surface area (Å²) in [5.41, 5.74) is 1.14. The number of hydrogen-bond donors (Lipinski definition) is 1. The number of hydrogen-bond acceptors (Lipinski definition) is 4. The summed E-state index contributed by atoms with van der Waals surface area (Å²) in [6.07, 6.45) is -0.100. The van der Waals surface area contributed by atoms with Crippen LogP contribution in [0.5, 0.6) is 5.75 Å². The normalized spacial score (nSPS) is 12.9. The summed E-state index contributed by atoms with van der Waals surface area (Å²) in [6, 6.07) is 8.14. The third-order valence-corrected chi connectivity index (χ3v) is 2.97. The van der Waals surface area contributed by atoms with Gasteiger partial charge < -0.3 is 19.5 Å². The average Bonchev–Trinajstić information content (AvgIpc) is 2.45. The van der Waals surface area contributed by atoms with Crippen LogP contribution in [0.2, 0.25) is 0 Å². The monoisotopic (exact) mass is 295 g/mol. The molecule has 0 aromatic heterocycles. The molecule has 0 saturated carbocycles. The molecule has 0 radical (unpaired) electrons. The van der Waals surface area contributed by atoms with E-state index < -0.39 is 0 Å². The smallest absolute Gasteiger partial charge is 0.176 e. The number of ether oxygens (including phenoxy) is 3. The Morgan fingerprint density at radius 3 is 1.95 bits per heavy atom. The zero-order valence-electron chi connectivity index (χ0n) is 13.9. The predicted octanol–water partition coefficient (Wildman–Crippen LogP) is 3.52. The van der Waals surface area contributed by atoms with E-state index in [1.165, 1.54) is 0 Å². The molecular formula is C17H29NO3. The van der Waals surface area contributed by atoms with E-state index >= 15 is 0 Å². The van der Waals surface area contributed by atoms with E-state index in [1.807, 2.05) is 39.8 Å². The van der Waals surface area contributed by atoms with Crippen molar-refractivity contribution in [2.75, 3.05) is 19.8 Å². The van der Waals surface area contributed by atoms with Gasteiger partial charge in [0.05, 0.1) is 12.1 Å². The van der Waals surface area contributed by atoms with Crippen molar-refractivity contribution in [3.05, 3.63) is 29.8 Å². The van der Waals surface area contributed by atoms with E-state index in [9.17, 15) is 0 Å². The summed E-state index contributed by atoms with van der Waals surface area (Å²) in [4.78, 5) is 0. The summed E-state index contributed by atoms with van der Waals surface area (Å²) in [5.74, 6) is 0.883. The van der Waals surface area contributed by atoms with Crippen LogP contribution in [0.3, 0.4) is 0 Å². The molecule has 1 rings (SSSR count). The molecule has 1 atom stereocenters. The van der Waals surface area contributed by atoms with E-state index in [0.29, 0.717) is 13.2 Å². The highest BCUT2D eigenvalue weighted by molar-refractivity contribution is 5.29. The SMILES string of the molecule is CCNC(c1ccc(OC(C)C)cc1)C(OCC)OCC. The van der Waals surface area contributed by atoms with Gasteiger partial charge in [-0.25, -0.2) is 0 Å². The molecule has 4 nitrogen and oxygen atoms in total. The number of benzene rings is 1. The van der Waals surface area contributed by atoms with Crippen molar-refractivity contribution in [3.8, 4) is 5.75 Å². The van der Waals surface area contributed by atoms with E-state index in [4.69, 9.17) is 14.2 Å². The van der Waals surface area contributed by atoms with Gasteiger partial charge in [-0.05, 0) is 51.9 Å². The van der Waals surface area contributed by atoms with Crippen LogP contribution in [0.15, 0.2) is 24.3 Å². The number of nitrogens with one attached hydrogen (secondary N) is 1. The van der Waals surface area contributed by atoms with Crippen LogP contribution < -0.4 is 10.1 Å². The lowest BCUT2D eigenvalue weighted by molar-refractivity contribution is -0.155. The minimum atomic E-state index is -0.281. The third kappa shape index (κ3) is 6.04. The lowest BCUT2D eigenvalue weighted by Crippen LogP contribution is -2.36. The first kappa shape index (κ1) is 18.0. The maximum Gasteiger partial charge on any atom is 0.176 e. The van der Waals surface area contributed by atoms with Crippen LogP contribution in [0.4, 0.5) is 0 Å². The van der Waals surface area contributed by atoms with Crippen molar-refractivity contribution in [1.82, 2.24) is 5.32 Å². The van der Waals surface area contributed by atoms with Crippen molar-refractivity contribution in [3.63, 3.8) is 0 Å². The summed E-state index contributed by atoms with van der Waals surface area (Å²) in [7, 11) is 0. The van der Waals surface area contributed by atoms with Crippen LogP contribution in [0, 0.1) is 0 Å². The van der Waals surface area contributed by atoms with Crippen LogP contribution in [0.25, 0.3) is 0 Å². The first-order valence-corrected chi connectivity index (χ1v) is 7.85. The Kier molecular flexibility index (Phi) is 8.35. The van der Waals surface area contributed by atoms with Gasteiger partial charge in [-0.3, -0.25) is 0 Å². The number of rotatable bonds is 10. The average molecular weight is 295 g/mol. The molecule has 0 aliphatic carbocycles. The molecule has 0 bridgehead atoms. The molecule has 4 heteroatoms. The minimum Gasteiger partial charge on any atom is -0.491 e. The zero-order chi connectivity index (χ0) is 15.7. The molecule has 1 N–H and O–H groups in total. The Bertz CT molecular complexity index is 372. The summed E-state index contributed by atoms with van der Waals surface area (Å²) >= 11 is 0. The topological polar surface area (TPSA) is 39.7 Å². The Morgan fingerprint density at radius 2 is 1.52 bits per heavy atom. The largest absolute Gasteiger partial charge is 0.491 e. The highest BCUT2D eigenvalue weighted by Crippen LogP contribution is 2.23. The highest BCUT2D eigenvalue weighted by atomic mass is 16.7. The van der Waals surface area contributed by atoms with Gasteiger partial charge in [0.2, 0.25) is 0 Å². The van der Waals surface area contributed by atoms with Crippen molar-refractivity contribution in [2.24, 2.45) is 0 Å². The maximum atomic E-state index is 5.73. The lowest BCUT2D eigenvalue weighted by atomic mass is 10.1. The lowest BCUT2D eigenvalue weighted by Gasteiger charge is -2.28. The van der Waals surface area contributed by atoms with Crippen molar-refractivity contribution >= 4 is 0 Å². The minimum absolute atomic E-state index is 0.0167. The molecule has 21 heavy (non-hydrogen) atoms. The van der Waals surface area contributed by atoms with Crippen LogP contribution in [0.1, 0.15) is 46.2 Å². The molecule has 0 heterocycles. The van der Waals surface area contributed by atoms with Gasteiger partial charge in [0, 0.05) is 13.2 Å². The van der Waals surface area contributed by atoms with Crippen molar-refractivity contribution in [1.29, 1.82) is 0 Å². The molecular weight excluding hydrogens is 266 g/mol. The van der Waals surface area contributed by atoms with Gasteiger partial charge in [-0.15, -0.1) is 0 Å². The van der Waals surface area contributed by atoms with E-state index in [0.717, 1.165) is 17.9 Å². The van der Waals surface area contributed by atoms with Crippen molar-refractivity contribution < 1.29 is 14.2 Å². The molecule has 1 aromatic rings. The predicted molar refractivity (Wildman–Crippen MR) is 85.7 cm³/mol.